The normalized spacial score (nSPS) is 10.7. The number of unbranched alkanes of at least 4 members (excludes halogenated alkanes) is 1. The number of rotatable bonds is 5. The number of ketones is 1. The first-order valence-corrected chi connectivity index (χ1v) is 5.84. The van der Waals surface area contributed by atoms with Crippen LogP contribution >= 0.6 is 0 Å². The third-order valence-corrected chi connectivity index (χ3v) is 2.74. The van der Waals surface area contributed by atoms with Crippen molar-refractivity contribution in [3.63, 3.8) is 0 Å². The van der Waals surface area contributed by atoms with Gasteiger partial charge in [0.15, 0.2) is 11.6 Å². The van der Waals surface area contributed by atoms with Gasteiger partial charge in [-0.3, -0.25) is 4.79 Å². The number of nitrogens with zero attached hydrogens (tertiary/aromatic N) is 2. The lowest BCUT2D eigenvalue weighted by Crippen LogP contribution is -2.11. The zero-order valence-corrected chi connectivity index (χ0v) is 10.1. The molecule has 0 saturated heterocycles. The molecule has 2 heterocycles. The van der Waals surface area contributed by atoms with E-state index in [1.807, 2.05) is 17.7 Å². The van der Waals surface area contributed by atoms with Crippen LogP contribution in [0.25, 0.3) is 0 Å². The largest absolute Gasteiger partial charge is 0.460 e. The lowest BCUT2D eigenvalue weighted by molar-refractivity contribution is 0.0994. The van der Waals surface area contributed by atoms with E-state index in [4.69, 9.17) is 4.42 Å². The second-order valence-electron chi connectivity index (χ2n) is 4.06. The van der Waals surface area contributed by atoms with Gasteiger partial charge in [-0.15, -0.1) is 0 Å². The van der Waals surface area contributed by atoms with Gasteiger partial charge in [0.25, 0.3) is 5.78 Å². The minimum Gasteiger partial charge on any atom is -0.460 e. The number of aromatic nitrogens is 2. The molecule has 0 spiro atoms. The Morgan fingerprint density at radius 2 is 2.35 bits per heavy atom. The van der Waals surface area contributed by atoms with Gasteiger partial charge in [-0.2, -0.15) is 0 Å². The number of carbonyl (C=O) groups excluding carboxylic acids is 1. The van der Waals surface area contributed by atoms with Crippen LogP contribution in [0, 0.1) is 6.92 Å². The molecule has 2 aromatic rings. The van der Waals surface area contributed by atoms with Crippen LogP contribution in [0.2, 0.25) is 0 Å². The maximum Gasteiger partial charge on any atom is 0.263 e. The first-order chi connectivity index (χ1) is 8.24. The summed E-state index contributed by atoms with van der Waals surface area (Å²) >= 11 is 0. The van der Waals surface area contributed by atoms with Crippen molar-refractivity contribution in [2.24, 2.45) is 0 Å². The Labute approximate surface area is 100 Å². The summed E-state index contributed by atoms with van der Waals surface area (Å²) in [5.41, 5.74) is 0.847. The maximum absolute atomic E-state index is 12.2. The highest BCUT2D eigenvalue weighted by Gasteiger charge is 2.19. The van der Waals surface area contributed by atoms with E-state index < -0.39 is 0 Å². The van der Waals surface area contributed by atoms with Gasteiger partial charge in [-0.1, -0.05) is 13.3 Å². The second kappa shape index (κ2) is 4.99. The van der Waals surface area contributed by atoms with Crippen LogP contribution in [0.4, 0.5) is 0 Å². The lowest BCUT2D eigenvalue weighted by Gasteiger charge is -2.05. The van der Waals surface area contributed by atoms with Crippen molar-refractivity contribution in [3.8, 4) is 0 Å². The number of hydrogen-bond acceptors (Lipinski definition) is 3. The summed E-state index contributed by atoms with van der Waals surface area (Å²) in [6.45, 7) is 4.79. The molecule has 4 heteroatoms. The molecule has 0 N–H and O–H groups in total. The van der Waals surface area contributed by atoms with E-state index in [9.17, 15) is 4.79 Å². The Kier molecular flexibility index (Phi) is 3.42. The van der Waals surface area contributed by atoms with E-state index in [2.05, 4.69) is 11.9 Å². The summed E-state index contributed by atoms with van der Waals surface area (Å²) in [6.07, 6.45) is 7.14. The molecule has 0 aliphatic heterocycles. The lowest BCUT2D eigenvalue weighted by atomic mass is 10.2. The minimum atomic E-state index is -0.145. The van der Waals surface area contributed by atoms with Crippen molar-refractivity contribution in [1.82, 2.24) is 9.55 Å². The van der Waals surface area contributed by atoms with Gasteiger partial charge in [0, 0.05) is 18.9 Å². The Morgan fingerprint density at radius 1 is 1.53 bits per heavy atom. The van der Waals surface area contributed by atoms with Crippen LogP contribution in [-0.4, -0.2) is 15.3 Å². The summed E-state index contributed by atoms with van der Waals surface area (Å²) in [4.78, 5) is 16.3. The summed E-state index contributed by atoms with van der Waals surface area (Å²) < 4.78 is 7.09. The van der Waals surface area contributed by atoms with Crippen molar-refractivity contribution < 1.29 is 9.21 Å². The summed E-state index contributed by atoms with van der Waals surface area (Å²) in [7, 11) is 0. The second-order valence-corrected chi connectivity index (χ2v) is 4.06. The van der Waals surface area contributed by atoms with Crippen molar-refractivity contribution in [2.75, 3.05) is 0 Å². The maximum atomic E-state index is 12.2. The summed E-state index contributed by atoms with van der Waals surface area (Å²) in [6, 6.07) is 1.78. The molecule has 90 valence electrons. The number of furan rings is 1. The number of carbonyl (C=O) groups is 1. The molecule has 17 heavy (non-hydrogen) atoms. The summed E-state index contributed by atoms with van der Waals surface area (Å²) in [5, 5.41) is 0. The SMILES string of the molecule is CCCCn1ccnc1C(=O)c1occc1C. The van der Waals surface area contributed by atoms with Gasteiger partial charge in [0.05, 0.1) is 6.26 Å². The van der Waals surface area contributed by atoms with E-state index in [1.54, 1.807) is 12.3 Å². The average Bonchev–Trinajstić information content (AvgIpc) is 2.94. The molecule has 0 aromatic carbocycles. The smallest absolute Gasteiger partial charge is 0.263 e. The van der Waals surface area contributed by atoms with Crippen LogP contribution < -0.4 is 0 Å². The highest BCUT2D eigenvalue weighted by molar-refractivity contribution is 6.05. The molecule has 0 aliphatic rings. The first kappa shape index (κ1) is 11.6. The van der Waals surface area contributed by atoms with Crippen LogP contribution in [-0.2, 0) is 6.54 Å². The third kappa shape index (κ3) is 2.30. The molecule has 2 aromatic heterocycles. The van der Waals surface area contributed by atoms with E-state index in [1.165, 1.54) is 6.26 Å². The molecule has 0 aliphatic carbocycles. The molecule has 0 saturated carbocycles. The molecule has 0 atom stereocenters. The molecule has 4 nitrogen and oxygen atoms in total. The fourth-order valence-corrected chi connectivity index (χ4v) is 1.73. The first-order valence-electron chi connectivity index (χ1n) is 5.84. The fourth-order valence-electron chi connectivity index (χ4n) is 1.73. The fraction of sp³-hybridized carbons (Fsp3) is 0.385. The number of imidazole rings is 1. The van der Waals surface area contributed by atoms with Gasteiger partial charge < -0.3 is 8.98 Å². The molecule has 0 amide bonds. The van der Waals surface area contributed by atoms with Crippen LogP contribution in [0.15, 0.2) is 29.1 Å². The van der Waals surface area contributed by atoms with E-state index in [-0.39, 0.29) is 5.78 Å². The predicted octanol–water partition coefficient (Wildman–Crippen LogP) is 2.82. The highest BCUT2D eigenvalue weighted by Crippen LogP contribution is 2.14. The predicted molar refractivity (Wildman–Crippen MR) is 64.0 cm³/mol. The van der Waals surface area contributed by atoms with E-state index in [0.29, 0.717) is 11.6 Å². The zero-order valence-electron chi connectivity index (χ0n) is 10.1. The van der Waals surface area contributed by atoms with Gasteiger partial charge >= 0.3 is 0 Å². The third-order valence-electron chi connectivity index (χ3n) is 2.74. The molecule has 0 unspecified atom stereocenters. The number of hydrogen-bond donors (Lipinski definition) is 0. The van der Waals surface area contributed by atoms with Gasteiger partial charge in [-0.05, 0) is 25.0 Å². The van der Waals surface area contributed by atoms with Gasteiger partial charge in [0.2, 0.25) is 0 Å². The Bertz CT molecular complexity index is 511. The van der Waals surface area contributed by atoms with E-state index >= 15 is 0 Å². The van der Waals surface area contributed by atoms with Gasteiger partial charge in [0.1, 0.15) is 0 Å². The average molecular weight is 232 g/mol. The van der Waals surface area contributed by atoms with Crippen molar-refractivity contribution in [2.45, 2.75) is 33.2 Å². The van der Waals surface area contributed by atoms with Crippen molar-refractivity contribution in [3.05, 3.63) is 41.9 Å². The number of aryl methyl sites for hydroxylation is 2. The monoisotopic (exact) mass is 232 g/mol. The molecule has 0 fully saturated rings. The van der Waals surface area contributed by atoms with Crippen LogP contribution in [0.5, 0.6) is 0 Å². The quantitative estimate of drug-likeness (QED) is 0.745. The van der Waals surface area contributed by atoms with Crippen LogP contribution in [0.3, 0.4) is 0 Å². The molecular weight excluding hydrogens is 216 g/mol. The zero-order chi connectivity index (χ0) is 12.3. The standard InChI is InChI=1S/C13H16N2O2/c1-3-4-7-15-8-6-14-13(15)11(16)12-10(2)5-9-17-12/h5-6,8-9H,3-4,7H2,1-2H3. The Hall–Kier alpha value is -1.84. The molecular formula is C13H16N2O2. The molecule has 0 radical (unpaired) electrons. The summed E-state index contributed by atoms with van der Waals surface area (Å²) in [5.74, 6) is 0.694. The minimum absolute atomic E-state index is 0.145. The molecule has 2 rings (SSSR count). The van der Waals surface area contributed by atoms with Gasteiger partial charge in [-0.25, -0.2) is 4.98 Å². The van der Waals surface area contributed by atoms with Crippen molar-refractivity contribution >= 4 is 5.78 Å². The Morgan fingerprint density at radius 3 is 3.00 bits per heavy atom. The highest BCUT2D eigenvalue weighted by atomic mass is 16.3. The molecule has 0 bridgehead atoms. The Balaban J connectivity index is 2.25. The van der Waals surface area contributed by atoms with Crippen molar-refractivity contribution in [1.29, 1.82) is 0 Å². The topological polar surface area (TPSA) is 48.0 Å². The van der Waals surface area contributed by atoms with Crippen LogP contribution in [0.1, 0.15) is 41.7 Å². The van der Waals surface area contributed by atoms with E-state index in [0.717, 1.165) is 24.9 Å².